The third-order valence-corrected chi connectivity index (χ3v) is 4.42. The highest BCUT2D eigenvalue weighted by Crippen LogP contribution is 2.17. The lowest BCUT2D eigenvalue weighted by Gasteiger charge is -2.35. The maximum atomic E-state index is 6.07. The van der Waals surface area contributed by atoms with Crippen LogP contribution in [0.3, 0.4) is 0 Å². The molecule has 1 aromatic rings. The number of hydrogen-bond donors (Lipinski definition) is 1. The van der Waals surface area contributed by atoms with Gasteiger partial charge in [-0.1, -0.05) is 45.0 Å². The maximum Gasteiger partial charge on any atom is 0.00889 e. The third kappa shape index (κ3) is 4.05. The van der Waals surface area contributed by atoms with Gasteiger partial charge in [-0.05, 0) is 42.3 Å². The lowest BCUT2D eigenvalue weighted by molar-refractivity contribution is 0.166. The summed E-state index contributed by atoms with van der Waals surface area (Å²) >= 11 is 0. The molecule has 106 valence electrons. The first kappa shape index (κ1) is 14.5. The molecule has 0 bridgehead atoms. The van der Waals surface area contributed by atoms with Crippen molar-refractivity contribution in [3.05, 3.63) is 35.4 Å². The summed E-state index contributed by atoms with van der Waals surface area (Å²) in [6.45, 7) is 10.2. The highest BCUT2D eigenvalue weighted by atomic mass is 15.1. The van der Waals surface area contributed by atoms with E-state index in [0.29, 0.717) is 17.9 Å². The molecule has 0 amide bonds. The maximum absolute atomic E-state index is 6.07. The van der Waals surface area contributed by atoms with Crippen LogP contribution in [-0.4, -0.2) is 30.6 Å². The predicted octanol–water partition coefficient (Wildman–Crippen LogP) is 3.02. The van der Waals surface area contributed by atoms with E-state index in [1.807, 2.05) is 0 Å². The van der Waals surface area contributed by atoms with Crippen LogP contribution in [0.2, 0.25) is 0 Å². The van der Waals surface area contributed by atoms with Crippen molar-refractivity contribution in [1.82, 2.24) is 4.90 Å². The molecule has 2 heteroatoms. The Kier molecular flexibility index (Phi) is 5.00. The number of nitrogens with two attached hydrogens (primary N) is 1. The molecule has 1 saturated heterocycles. The van der Waals surface area contributed by atoms with Gasteiger partial charge in [0.15, 0.2) is 0 Å². The number of hydrogen-bond acceptors (Lipinski definition) is 2. The van der Waals surface area contributed by atoms with Gasteiger partial charge in [-0.3, -0.25) is 0 Å². The molecule has 0 spiro atoms. The molecule has 2 atom stereocenters. The van der Waals surface area contributed by atoms with E-state index in [1.165, 1.54) is 11.1 Å². The Hall–Kier alpha value is -0.860. The fraction of sp³-hybridized carbons (Fsp3) is 0.647. The highest BCUT2D eigenvalue weighted by molar-refractivity contribution is 5.24. The Morgan fingerprint density at radius 2 is 1.95 bits per heavy atom. The minimum atomic E-state index is 0.404. The van der Waals surface area contributed by atoms with E-state index in [0.717, 1.165) is 32.5 Å². The summed E-state index contributed by atoms with van der Waals surface area (Å²) in [5, 5.41) is 0. The van der Waals surface area contributed by atoms with Crippen molar-refractivity contribution in [3.8, 4) is 0 Å². The number of nitrogens with zero attached hydrogens (tertiary/aromatic N) is 1. The first-order valence-corrected chi connectivity index (χ1v) is 7.63. The summed E-state index contributed by atoms with van der Waals surface area (Å²) in [5.41, 5.74) is 8.95. The Labute approximate surface area is 118 Å². The van der Waals surface area contributed by atoms with E-state index < -0.39 is 0 Å². The molecule has 1 aliphatic heterocycles. The minimum absolute atomic E-state index is 0.404. The molecule has 19 heavy (non-hydrogen) atoms. The van der Waals surface area contributed by atoms with E-state index in [2.05, 4.69) is 49.9 Å². The Morgan fingerprint density at radius 3 is 2.53 bits per heavy atom. The zero-order valence-electron chi connectivity index (χ0n) is 12.6. The van der Waals surface area contributed by atoms with Crippen LogP contribution in [0.1, 0.15) is 44.2 Å². The summed E-state index contributed by atoms with van der Waals surface area (Å²) in [6, 6.07) is 9.52. The van der Waals surface area contributed by atoms with E-state index in [1.54, 1.807) is 0 Å². The summed E-state index contributed by atoms with van der Waals surface area (Å²) in [4.78, 5) is 2.56. The topological polar surface area (TPSA) is 29.3 Å². The molecule has 1 heterocycles. The van der Waals surface area contributed by atoms with E-state index >= 15 is 0 Å². The summed E-state index contributed by atoms with van der Waals surface area (Å²) < 4.78 is 0. The van der Waals surface area contributed by atoms with Crippen LogP contribution in [0.5, 0.6) is 0 Å². The van der Waals surface area contributed by atoms with Crippen LogP contribution in [0.15, 0.2) is 24.3 Å². The first-order chi connectivity index (χ1) is 9.06. The van der Waals surface area contributed by atoms with Crippen LogP contribution in [0, 0.1) is 5.92 Å². The lowest BCUT2D eigenvalue weighted by Crippen LogP contribution is -2.46. The van der Waals surface area contributed by atoms with Gasteiger partial charge in [0, 0.05) is 19.1 Å². The van der Waals surface area contributed by atoms with Gasteiger partial charge < -0.3 is 10.6 Å². The van der Waals surface area contributed by atoms with Crippen LogP contribution in [-0.2, 0) is 6.42 Å². The Balaban J connectivity index is 1.82. The summed E-state index contributed by atoms with van der Waals surface area (Å²) in [5.74, 6) is 1.26. The largest absolute Gasteiger partial charge is 0.327 e. The molecule has 2 rings (SSSR count). The van der Waals surface area contributed by atoms with Crippen molar-refractivity contribution in [2.45, 2.75) is 45.6 Å². The molecule has 1 aliphatic rings. The fourth-order valence-corrected chi connectivity index (χ4v) is 2.81. The molecule has 0 aliphatic carbocycles. The molecular formula is C17H28N2. The zero-order valence-corrected chi connectivity index (χ0v) is 12.6. The van der Waals surface area contributed by atoms with Gasteiger partial charge in [-0.2, -0.15) is 0 Å². The molecule has 1 fully saturated rings. The van der Waals surface area contributed by atoms with E-state index in [-0.39, 0.29) is 0 Å². The minimum Gasteiger partial charge on any atom is -0.327 e. The second-order valence-electron chi connectivity index (χ2n) is 6.38. The summed E-state index contributed by atoms with van der Waals surface area (Å²) in [6.07, 6.45) is 2.30. The number of likely N-dealkylation sites (tertiary alicyclic amines) is 1. The van der Waals surface area contributed by atoms with Gasteiger partial charge in [0.05, 0.1) is 0 Å². The van der Waals surface area contributed by atoms with Crippen LogP contribution in [0.25, 0.3) is 0 Å². The molecule has 1 aromatic carbocycles. The number of rotatable bonds is 4. The average Bonchev–Trinajstić information content (AvgIpc) is 2.40. The van der Waals surface area contributed by atoms with Crippen molar-refractivity contribution < 1.29 is 0 Å². The van der Waals surface area contributed by atoms with Crippen molar-refractivity contribution >= 4 is 0 Å². The highest BCUT2D eigenvalue weighted by Gasteiger charge is 2.22. The van der Waals surface area contributed by atoms with Gasteiger partial charge in [0.25, 0.3) is 0 Å². The van der Waals surface area contributed by atoms with Crippen molar-refractivity contribution in [3.63, 3.8) is 0 Å². The average molecular weight is 260 g/mol. The molecule has 0 saturated carbocycles. The molecule has 0 radical (unpaired) electrons. The third-order valence-electron chi connectivity index (χ3n) is 4.42. The monoisotopic (exact) mass is 260 g/mol. The molecule has 2 nitrogen and oxygen atoms in total. The second-order valence-corrected chi connectivity index (χ2v) is 6.38. The van der Waals surface area contributed by atoms with E-state index in [4.69, 9.17) is 5.73 Å². The second kappa shape index (κ2) is 6.53. The zero-order chi connectivity index (χ0) is 13.8. The van der Waals surface area contributed by atoms with E-state index in [9.17, 15) is 0 Å². The smallest absolute Gasteiger partial charge is 0.00889 e. The predicted molar refractivity (Wildman–Crippen MR) is 82.4 cm³/mol. The standard InChI is InChI=1S/C17H28N2/c1-13(2)16-6-4-15(5-7-16)8-10-19-11-9-17(18)14(3)12-19/h4-7,13-14,17H,8-12,18H2,1-3H3/t14-,17-/m1/s1. The lowest BCUT2D eigenvalue weighted by atomic mass is 9.94. The van der Waals surface area contributed by atoms with Crippen LogP contribution < -0.4 is 5.73 Å². The molecule has 0 aromatic heterocycles. The van der Waals surface area contributed by atoms with Gasteiger partial charge >= 0.3 is 0 Å². The normalized spacial score (nSPS) is 24.9. The molecule has 2 N–H and O–H groups in total. The Bertz CT molecular complexity index is 383. The Morgan fingerprint density at radius 1 is 1.26 bits per heavy atom. The first-order valence-electron chi connectivity index (χ1n) is 7.63. The molecule has 0 unspecified atom stereocenters. The van der Waals surface area contributed by atoms with Gasteiger partial charge in [0.1, 0.15) is 0 Å². The van der Waals surface area contributed by atoms with Crippen molar-refractivity contribution in [2.75, 3.05) is 19.6 Å². The number of piperidine rings is 1. The van der Waals surface area contributed by atoms with Gasteiger partial charge in [-0.25, -0.2) is 0 Å². The summed E-state index contributed by atoms with van der Waals surface area (Å²) in [7, 11) is 0. The van der Waals surface area contributed by atoms with Crippen molar-refractivity contribution in [2.24, 2.45) is 11.7 Å². The van der Waals surface area contributed by atoms with Crippen LogP contribution in [0.4, 0.5) is 0 Å². The quantitative estimate of drug-likeness (QED) is 0.901. The number of benzene rings is 1. The fourth-order valence-electron chi connectivity index (χ4n) is 2.81. The van der Waals surface area contributed by atoms with Gasteiger partial charge in [0.2, 0.25) is 0 Å². The van der Waals surface area contributed by atoms with Crippen LogP contribution >= 0.6 is 0 Å². The van der Waals surface area contributed by atoms with Crippen molar-refractivity contribution in [1.29, 1.82) is 0 Å². The SMILES string of the molecule is CC(C)c1ccc(CCN2CC[C@@H](N)[C@H](C)C2)cc1. The molecular weight excluding hydrogens is 232 g/mol. The van der Waals surface area contributed by atoms with Gasteiger partial charge in [-0.15, -0.1) is 0 Å².